The lowest BCUT2D eigenvalue weighted by Gasteiger charge is -2.22. The van der Waals surface area contributed by atoms with E-state index >= 15 is 0 Å². The molecule has 0 aromatic carbocycles. The van der Waals surface area contributed by atoms with Gasteiger partial charge in [-0.05, 0) is 51.6 Å². The van der Waals surface area contributed by atoms with Gasteiger partial charge in [-0.2, -0.15) is 0 Å². The Morgan fingerprint density at radius 2 is 1.73 bits per heavy atom. The first-order valence-electron chi connectivity index (χ1n) is 5.57. The Hall–Kier alpha value is -0.600. The molecule has 0 bridgehead atoms. The quantitative estimate of drug-likeness (QED) is 0.770. The molecule has 86 valence electrons. The van der Waals surface area contributed by atoms with E-state index in [0.29, 0.717) is 12.5 Å². The van der Waals surface area contributed by atoms with Crippen molar-refractivity contribution in [2.45, 2.75) is 33.8 Å². The number of hydrogen-bond acceptors (Lipinski definition) is 2. The molecule has 0 saturated heterocycles. The first-order chi connectivity index (χ1) is 6.86. The van der Waals surface area contributed by atoms with E-state index < -0.39 is 0 Å². The minimum absolute atomic E-state index is 0.331. The van der Waals surface area contributed by atoms with Crippen molar-refractivity contribution >= 4 is 0 Å². The summed E-state index contributed by atoms with van der Waals surface area (Å²) in [5, 5.41) is 10.2. The van der Waals surface area contributed by atoms with E-state index in [2.05, 4.69) is 27.7 Å². The molecule has 0 saturated carbocycles. The summed E-state index contributed by atoms with van der Waals surface area (Å²) in [6.45, 7) is 9.33. The Bertz CT molecular complexity index is 312. The van der Waals surface area contributed by atoms with E-state index in [0.717, 1.165) is 0 Å². The fourth-order valence-electron chi connectivity index (χ4n) is 2.38. The van der Waals surface area contributed by atoms with Crippen LogP contribution in [0.2, 0.25) is 0 Å². The molecule has 0 fully saturated rings. The molecular weight excluding hydrogens is 186 g/mol. The highest BCUT2D eigenvalue weighted by Crippen LogP contribution is 2.38. The molecule has 2 heteroatoms. The van der Waals surface area contributed by atoms with Crippen LogP contribution in [-0.4, -0.2) is 36.8 Å². The second-order valence-corrected chi connectivity index (χ2v) is 4.89. The fraction of sp³-hybridized carbons (Fsp3) is 0.692. The van der Waals surface area contributed by atoms with Crippen LogP contribution in [-0.2, 0) is 0 Å². The Morgan fingerprint density at radius 1 is 1.20 bits per heavy atom. The van der Waals surface area contributed by atoms with Gasteiger partial charge in [0.05, 0.1) is 6.10 Å². The molecule has 0 aliphatic heterocycles. The maximum atomic E-state index is 10.2. The van der Waals surface area contributed by atoms with Crippen LogP contribution in [0.25, 0.3) is 0 Å². The molecule has 1 aliphatic rings. The molecule has 2 unspecified atom stereocenters. The van der Waals surface area contributed by atoms with Gasteiger partial charge in [-0.1, -0.05) is 12.5 Å². The van der Waals surface area contributed by atoms with E-state index in [9.17, 15) is 5.11 Å². The third kappa shape index (κ3) is 2.32. The van der Waals surface area contributed by atoms with E-state index in [1.807, 2.05) is 19.0 Å². The van der Waals surface area contributed by atoms with Gasteiger partial charge in [0.2, 0.25) is 0 Å². The first kappa shape index (κ1) is 12.5. The van der Waals surface area contributed by atoms with Gasteiger partial charge in [-0.25, -0.2) is 0 Å². The summed E-state index contributed by atoms with van der Waals surface area (Å²) in [5.41, 5.74) is 5.25. The third-order valence-corrected chi connectivity index (χ3v) is 3.60. The van der Waals surface area contributed by atoms with Crippen LogP contribution in [0.5, 0.6) is 0 Å². The number of nitrogens with zero attached hydrogens (tertiary/aromatic N) is 1. The Morgan fingerprint density at radius 3 is 2.07 bits per heavy atom. The second kappa shape index (κ2) is 4.50. The number of aliphatic hydroxyl groups is 1. The number of hydrogen-bond donors (Lipinski definition) is 1. The molecule has 2 atom stereocenters. The maximum Gasteiger partial charge on any atom is 0.0888 e. The summed E-state index contributed by atoms with van der Waals surface area (Å²) in [7, 11) is 3.98. The van der Waals surface area contributed by atoms with Crippen molar-refractivity contribution < 1.29 is 5.11 Å². The average molecular weight is 209 g/mol. The minimum atomic E-state index is -0.331. The summed E-state index contributed by atoms with van der Waals surface area (Å²) >= 11 is 0. The molecule has 0 heterocycles. The molecule has 0 amide bonds. The third-order valence-electron chi connectivity index (χ3n) is 3.60. The lowest BCUT2D eigenvalue weighted by molar-refractivity contribution is 0.160. The molecule has 1 rings (SSSR count). The zero-order valence-corrected chi connectivity index (χ0v) is 10.8. The zero-order chi connectivity index (χ0) is 11.7. The van der Waals surface area contributed by atoms with Crippen LogP contribution < -0.4 is 0 Å². The van der Waals surface area contributed by atoms with Gasteiger partial charge >= 0.3 is 0 Å². The normalized spacial score (nSPS) is 24.4. The van der Waals surface area contributed by atoms with E-state index in [1.54, 1.807) is 0 Å². The molecule has 0 spiro atoms. The van der Waals surface area contributed by atoms with Crippen LogP contribution in [0.3, 0.4) is 0 Å². The van der Waals surface area contributed by atoms with Crippen molar-refractivity contribution in [1.29, 1.82) is 0 Å². The summed E-state index contributed by atoms with van der Waals surface area (Å²) in [6, 6.07) is 0. The van der Waals surface area contributed by atoms with Crippen molar-refractivity contribution in [3.8, 4) is 0 Å². The van der Waals surface area contributed by atoms with Crippen molar-refractivity contribution in [1.82, 2.24) is 4.90 Å². The first-order valence-corrected chi connectivity index (χ1v) is 5.57. The highest BCUT2D eigenvalue weighted by Gasteiger charge is 2.28. The molecular formula is C13H23NO. The van der Waals surface area contributed by atoms with Crippen molar-refractivity contribution in [2.24, 2.45) is 5.92 Å². The van der Waals surface area contributed by atoms with Crippen molar-refractivity contribution in [2.75, 3.05) is 20.6 Å². The van der Waals surface area contributed by atoms with Crippen molar-refractivity contribution in [3.05, 3.63) is 22.3 Å². The molecule has 15 heavy (non-hydrogen) atoms. The van der Waals surface area contributed by atoms with Crippen LogP contribution in [0, 0.1) is 5.92 Å². The van der Waals surface area contributed by atoms with Gasteiger partial charge in [0, 0.05) is 12.5 Å². The van der Waals surface area contributed by atoms with E-state index in [1.165, 1.54) is 22.3 Å². The van der Waals surface area contributed by atoms with Crippen LogP contribution in [0.4, 0.5) is 0 Å². The molecule has 1 aliphatic carbocycles. The van der Waals surface area contributed by atoms with Crippen LogP contribution in [0.15, 0.2) is 22.3 Å². The SMILES string of the molecule is CC1=C(C)C(C)C(C(O)CN(C)C)=C1C. The van der Waals surface area contributed by atoms with Gasteiger partial charge in [0.15, 0.2) is 0 Å². The van der Waals surface area contributed by atoms with Gasteiger partial charge in [-0.3, -0.25) is 0 Å². The molecule has 0 radical (unpaired) electrons. The highest BCUT2D eigenvalue weighted by molar-refractivity contribution is 5.48. The number of rotatable bonds is 3. The monoisotopic (exact) mass is 209 g/mol. The molecule has 2 nitrogen and oxygen atoms in total. The summed E-state index contributed by atoms with van der Waals surface area (Å²) in [4.78, 5) is 2.03. The van der Waals surface area contributed by atoms with Gasteiger partial charge in [0.25, 0.3) is 0 Å². The summed E-state index contributed by atoms with van der Waals surface area (Å²) < 4.78 is 0. The average Bonchev–Trinajstić information content (AvgIpc) is 2.30. The summed E-state index contributed by atoms with van der Waals surface area (Å²) in [6.07, 6.45) is -0.331. The smallest absolute Gasteiger partial charge is 0.0888 e. The maximum absolute atomic E-state index is 10.2. The topological polar surface area (TPSA) is 23.5 Å². The predicted octanol–water partition coefficient (Wildman–Crippen LogP) is 2.21. The Balaban J connectivity index is 2.89. The lowest BCUT2D eigenvalue weighted by atomic mass is 9.93. The van der Waals surface area contributed by atoms with E-state index in [4.69, 9.17) is 0 Å². The van der Waals surface area contributed by atoms with Crippen LogP contribution >= 0.6 is 0 Å². The standard InChI is InChI=1S/C13H23NO/c1-8-9(2)11(4)13(10(8)3)12(15)7-14(5)6/h10,12,15H,7H2,1-6H3. The number of aliphatic hydroxyl groups excluding tert-OH is 1. The van der Waals surface area contributed by atoms with Gasteiger partial charge in [-0.15, -0.1) is 0 Å². The molecule has 0 aromatic heterocycles. The predicted molar refractivity (Wildman–Crippen MR) is 64.8 cm³/mol. The second-order valence-electron chi connectivity index (χ2n) is 4.89. The van der Waals surface area contributed by atoms with E-state index in [-0.39, 0.29) is 6.10 Å². The van der Waals surface area contributed by atoms with Crippen LogP contribution in [0.1, 0.15) is 27.7 Å². The Kier molecular flexibility index (Phi) is 3.74. The number of likely N-dealkylation sites (N-methyl/N-ethyl adjacent to an activating group) is 1. The fourth-order valence-corrected chi connectivity index (χ4v) is 2.38. The Labute approximate surface area is 93.3 Å². The number of allylic oxidation sites excluding steroid dienone is 3. The highest BCUT2D eigenvalue weighted by atomic mass is 16.3. The zero-order valence-electron chi connectivity index (χ0n) is 10.8. The largest absolute Gasteiger partial charge is 0.387 e. The van der Waals surface area contributed by atoms with Gasteiger partial charge in [0.1, 0.15) is 0 Å². The molecule has 0 aromatic rings. The minimum Gasteiger partial charge on any atom is -0.387 e. The van der Waals surface area contributed by atoms with Gasteiger partial charge < -0.3 is 10.0 Å². The molecule has 1 N–H and O–H groups in total. The summed E-state index contributed by atoms with van der Waals surface area (Å²) in [5.74, 6) is 0.403. The lowest BCUT2D eigenvalue weighted by Crippen LogP contribution is -2.29. The van der Waals surface area contributed by atoms with Crippen molar-refractivity contribution in [3.63, 3.8) is 0 Å².